The first-order valence-corrected chi connectivity index (χ1v) is 12.2. The highest BCUT2D eigenvalue weighted by atomic mass is 19.1. The zero-order valence-corrected chi connectivity index (χ0v) is 20.1. The van der Waals surface area contributed by atoms with Crippen LogP contribution in [0.25, 0.3) is 34.7 Å². The Morgan fingerprint density at radius 2 is 1.82 bits per heavy atom. The van der Waals surface area contributed by atoms with Crippen LogP contribution in [0.3, 0.4) is 0 Å². The number of fused-ring (bicyclic) bond motifs is 1. The van der Waals surface area contributed by atoms with Gasteiger partial charge in [0, 0.05) is 11.8 Å². The minimum Gasteiger partial charge on any atom is -0.317 e. The van der Waals surface area contributed by atoms with E-state index < -0.39 is 0 Å². The third-order valence-electron chi connectivity index (χ3n) is 6.12. The molecule has 0 fully saturated rings. The van der Waals surface area contributed by atoms with E-state index in [1.165, 1.54) is 41.3 Å². The van der Waals surface area contributed by atoms with E-state index in [-0.39, 0.29) is 5.82 Å². The van der Waals surface area contributed by atoms with E-state index in [4.69, 9.17) is 0 Å². The van der Waals surface area contributed by atoms with Crippen LogP contribution in [0.15, 0.2) is 60.3 Å². The molecule has 0 spiro atoms. The normalized spacial score (nSPS) is 17.3. The summed E-state index contributed by atoms with van der Waals surface area (Å²) >= 11 is 0. The van der Waals surface area contributed by atoms with Crippen LogP contribution in [0.2, 0.25) is 0 Å². The van der Waals surface area contributed by atoms with Gasteiger partial charge in [-0.05, 0) is 85.5 Å². The van der Waals surface area contributed by atoms with Crippen molar-refractivity contribution in [3.8, 4) is 22.5 Å². The molecule has 0 unspecified atom stereocenters. The van der Waals surface area contributed by atoms with Crippen molar-refractivity contribution in [2.24, 2.45) is 0 Å². The van der Waals surface area contributed by atoms with Crippen LogP contribution in [-0.2, 0) is 0 Å². The van der Waals surface area contributed by atoms with Gasteiger partial charge in [0.05, 0.1) is 11.4 Å². The third kappa shape index (κ3) is 5.97. The molecular weight excluding hydrogens is 423 g/mol. The zero-order chi connectivity index (χ0) is 23.8. The molecule has 176 valence electrons. The molecule has 0 amide bonds. The minimum atomic E-state index is -0.309. The van der Waals surface area contributed by atoms with Crippen molar-refractivity contribution in [1.82, 2.24) is 20.5 Å². The number of nitrogens with one attached hydrogen (secondary N) is 2. The van der Waals surface area contributed by atoms with Crippen LogP contribution in [0.1, 0.15) is 44.7 Å². The summed E-state index contributed by atoms with van der Waals surface area (Å²) in [4.78, 5) is 4.40. The maximum atomic E-state index is 13.7. The summed E-state index contributed by atoms with van der Waals surface area (Å²) in [7, 11) is 0. The highest BCUT2D eigenvalue weighted by Gasteiger charge is 2.13. The molecule has 2 aromatic heterocycles. The van der Waals surface area contributed by atoms with Crippen molar-refractivity contribution in [1.29, 1.82) is 0 Å². The fourth-order valence-electron chi connectivity index (χ4n) is 4.15. The Morgan fingerprint density at radius 3 is 2.68 bits per heavy atom. The van der Waals surface area contributed by atoms with E-state index in [0.29, 0.717) is 11.4 Å². The van der Waals surface area contributed by atoms with Gasteiger partial charge in [-0.2, -0.15) is 5.10 Å². The number of unbranched alkanes of at least 4 members (excludes halogenated alkanes) is 2. The van der Waals surface area contributed by atoms with Gasteiger partial charge in [-0.25, -0.2) is 9.37 Å². The Bertz CT molecular complexity index is 1300. The summed E-state index contributed by atoms with van der Waals surface area (Å²) in [6.07, 6.45) is 18.6. The molecule has 4 rings (SSSR count). The van der Waals surface area contributed by atoms with Crippen molar-refractivity contribution < 1.29 is 4.39 Å². The van der Waals surface area contributed by atoms with Crippen molar-refractivity contribution in [3.63, 3.8) is 0 Å². The lowest BCUT2D eigenvalue weighted by molar-refractivity contribution is 0.600. The van der Waals surface area contributed by atoms with Gasteiger partial charge in [-0.1, -0.05) is 55.9 Å². The molecule has 2 N–H and O–H groups in total. The predicted octanol–water partition coefficient (Wildman–Crippen LogP) is 5.20. The molecule has 4 nitrogen and oxygen atoms in total. The number of aryl methyl sites for hydroxylation is 1. The number of pyridine rings is 1. The molecule has 2 heterocycles. The van der Waals surface area contributed by atoms with Gasteiger partial charge in [0.15, 0.2) is 0 Å². The number of hydrogen-bond donors (Lipinski definition) is 2. The highest BCUT2D eigenvalue weighted by Crippen LogP contribution is 2.28. The average Bonchev–Trinajstić information content (AvgIpc) is 3.31. The van der Waals surface area contributed by atoms with Gasteiger partial charge in [0.2, 0.25) is 0 Å². The Hall–Kier alpha value is -3.31. The zero-order valence-electron chi connectivity index (χ0n) is 20.1. The van der Waals surface area contributed by atoms with Crippen LogP contribution < -0.4 is 15.8 Å². The number of aromatic amines is 1. The van der Waals surface area contributed by atoms with Gasteiger partial charge in [0.1, 0.15) is 11.5 Å². The standard InChI is InChI=1S/C29H33FN4/c1-3-4-16-31-17-8-7-10-22-9-5-6-11-23-12-13-24(19-25(23)18-22)26-20-32-34-29(26)28-15-14-27(30)21(2)33-28/h5-6,9,11-15,18-20,31H,3-4,7-8,10,16-17H2,1-2H3,(H,32,34)/b6-5+,9-5?,11-6?,22-9-,22-18?,23-11+,25-18-. The first kappa shape index (κ1) is 23.8. The van der Waals surface area contributed by atoms with Crippen molar-refractivity contribution >= 4 is 12.2 Å². The van der Waals surface area contributed by atoms with Gasteiger partial charge in [-0.15, -0.1) is 0 Å². The molecule has 0 radical (unpaired) electrons. The lowest BCUT2D eigenvalue weighted by atomic mass is 9.99. The second-order valence-electron chi connectivity index (χ2n) is 8.75. The van der Waals surface area contributed by atoms with E-state index in [1.807, 2.05) is 6.20 Å². The SMILES string of the molecule is CCCCNCCCCC1=C/C=C/C=c2\ccc(-c3c[nH]nc3-c3ccc(F)c(C)n3)c\c2=C\1. The molecule has 34 heavy (non-hydrogen) atoms. The molecule has 0 aliphatic heterocycles. The molecule has 1 aromatic carbocycles. The number of rotatable bonds is 10. The van der Waals surface area contributed by atoms with E-state index in [9.17, 15) is 4.39 Å². The predicted molar refractivity (Wildman–Crippen MR) is 139 cm³/mol. The molecular formula is C29H33FN4. The van der Waals surface area contributed by atoms with Crippen LogP contribution in [0.5, 0.6) is 0 Å². The number of H-pyrrole nitrogens is 1. The summed E-state index contributed by atoms with van der Waals surface area (Å²) in [5, 5.41) is 13.3. The maximum Gasteiger partial charge on any atom is 0.144 e. The number of benzene rings is 1. The lowest BCUT2D eigenvalue weighted by Gasteiger charge is -2.07. The molecule has 0 atom stereocenters. The van der Waals surface area contributed by atoms with Crippen LogP contribution in [-0.4, -0.2) is 28.3 Å². The van der Waals surface area contributed by atoms with Gasteiger partial charge in [-0.3, -0.25) is 5.10 Å². The van der Waals surface area contributed by atoms with Gasteiger partial charge >= 0.3 is 0 Å². The summed E-state index contributed by atoms with van der Waals surface area (Å²) < 4.78 is 13.7. The Kier molecular flexibility index (Phi) is 8.21. The highest BCUT2D eigenvalue weighted by molar-refractivity contribution is 5.79. The Balaban J connectivity index is 1.56. The second kappa shape index (κ2) is 11.7. The van der Waals surface area contributed by atoms with Crippen LogP contribution in [0, 0.1) is 12.7 Å². The van der Waals surface area contributed by atoms with Gasteiger partial charge < -0.3 is 5.32 Å². The Labute approximate surface area is 201 Å². The topological polar surface area (TPSA) is 53.6 Å². The number of nitrogens with zero attached hydrogens (tertiary/aromatic N) is 2. The smallest absolute Gasteiger partial charge is 0.144 e. The fourth-order valence-corrected chi connectivity index (χ4v) is 4.15. The number of allylic oxidation sites excluding steroid dienone is 4. The molecule has 3 aromatic rings. The molecule has 1 aliphatic rings. The lowest BCUT2D eigenvalue weighted by Crippen LogP contribution is -2.24. The summed E-state index contributed by atoms with van der Waals surface area (Å²) in [6.45, 7) is 6.09. The molecule has 5 heteroatoms. The van der Waals surface area contributed by atoms with E-state index in [2.05, 4.69) is 76.0 Å². The first-order valence-electron chi connectivity index (χ1n) is 12.2. The monoisotopic (exact) mass is 456 g/mol. The minimum absolute atomic E-state index is 0.309. The number of hydrogen-bond acceptors (Lipinski definition) is 3. The number of aromatic nitrogens is 3. The van der Waals surface area contributed by atoms with Crippen LogP contribution >= 0.6 is 0 Å². The second-order valence-corrected chi connectivity index (χ2v) is 8.75. The summed E-state index contributed by atoms with van der Waals surface area (Å²) in [6, 6.07) is 9.58. The Morgan fingerprint density at radius 1 is 0.971 bits per heavy atom. The molecule has 1 aliphatic carbocycles. The first-order chi connectivity index (χ1) is 16.7. The maximum absolute atomic E-state index is 13.7. The molecule has 0 saturated heterocycles. The molecule has 0 bridgehead atoms. The van der Waals surface area contributed by atoms with Crippen LogP contribution in [0.4, 0.5) is 4.39 Å². The number of halogens is 1. The average molecular weight is 457 g/mol. The summed E-state index contributed by atoms with van der Waals surface area (Å²) in [5.41, 5.74) is 5.10. The van der Waals surface area contributed by atoms with Crippen molar-refractivity contribution in [2.75, 3.05) is 13.1 Å². The van der Waals surface area contributed by atoms with E-state index in [0.717, 1.165) is 42.8 Å². The van der Waals surface area contributed by atoms with Crippen molar-refractivity contribution in [3.05, 3.63) is 82.3 Å². The molecule has 0 saturated carbocycles. The largest absolute Gasteiger partial charge is 0.317 e. The van der Waals surface area contributed by atoms with E-state index >= 15 is 0 Å². The van der Waals surface area contributed by atoms with Crippen molar-refractivity contribution in [2.45, 2.75) is 46.0 Å². The van der Waals surface area contributed by atoms with E-state index in [1.54, 1.807) is 13.0 Å². The quantitative estimate of drug-likeness (QED) is 0.412. The third-order valence-corrected chi connectivity index (χ3v) is 6.12. The summed E-state index contributed by atoms with van der Waals surface area (Å²) in [5.74, 6) is -0.309. The van der Waals surface area contributed by atoms with Gasteiger partial charge in [0.25, 0.3) is 0 Å². The fraction of sp³-hybridized carbons (Fsp3) is 0.310.